The van der Waals surface area contributed by atoms with Crippen LogP contribution in [0.15, 0.2) is 60.7 Å². The number of nitrogens with zero attached hydrogens (tertiary/aromatic N) is 2. The van der Waals surface area contributed by atoms with Crippen molar-refractivity contribution in [2.75, 3.05) is 26.3 Å². The number of carbonyl (C=O) groups excluding carboxylic acids is 3. The third-order valence-electron chi connectivity index (χ3n) is 6.41. The zero-order chi connectivity index (χ0) is 24.5. The van der Waals surface area contributed by atoms with Crippen molar-refractivity contribution in [3.05, 3.63) is 71.8 Å². The number of hydrogen-bond acceptors (Lipinski definition) is 6. The number of benzene rings is 2. The summed E-state index contributed by atoms with van der Waals surface area (Å²) in [7, 11) is 0. The Bertz CT molecular complexity index is 976. The molecule has 0 saturated carbocycles. The predicted octanol–water partition coefficient (Wildman–Crippen LogP) is 3.54. The molecule has 8 heteroatoms. The monoisotopic (exact) mass is 480 g/mol. The molecule has 1 atom stereocenters. The highest BCUT2D eigenvalue weighted by Crippen LogP contribution is 2.25. The third-order valence-corrected chi connectivity index (χ3v) is 6.41. The lowest BCUT2D eigenvalue weighted by atomic mass is 10.0. The molecule has 0 radical (unpaired) electrons. The van der Waals surface area contributed by atoms with E-state index < -0.39 is 18.1 Å². The Kier molecular flexibility index (Phi) is 8.73. The summed E-state index contributed by atoms with van der Waals surface area (Å²) in [5, 5.41) is 0. The molecule has 0 bridgehead atoms. The van der Waals surface area contributed by atoms with Gasteiger partial charge in [0.1, 0.15) is 13.2 Å². The highest BCUT2D eigenvalue weighted by atomic mass is 16.6. The maximum atomic E-state index is 12.7. The van der Waals surface area contributed by atoms with E-state index in [1.54, 1.807) is 0 Å². The molecule has 186 valence electrons. The van der Waals surface area contributed by atoms with Crippen LogP contribution >= 0.6 is 0 Å². The molecule has 2 fully saturated rings. The van der Waals surface area contributed by atoms with E-state index in [4.69, 9.17) is 14.2 Å². The second-order valence-corrected chi connectivity index (χ2v) is 8.85. The molecule has 0 spiro atoms. The van der Waals surface area contributed by atoms with Crippen molar-refractivity contribution in [2.24, 2.45) is 0 Å². The molecule has 2 amide bonds. The normalized spacial score (nSPS) is 18.4. The minimum Gasteiger partial charge on any atom is -0.459 e. The molecule has 2 aromatic carbocycles. The summed E-state index contributed by atoms with van der Waals surface area (Å²) in [5.74, 6) is -0.372. The first-order chi connectivity index (χ1) is 17.1. The van der Waals surface area contributed by atoms with Crippen molar-refractivity contribution < 1.29 is 28.6 Å². The molecule has 8 nitrogen and oxygen atoms in total. The van der Waals surface area contributed by atoms with E-state index in [-0.39, 0.29) is 25.2 Å². The Balaban J connectivity index is 1.18. The Hall–Kier alpha value is -3.39. The lowest BCUT2D eigenvalue weighted by Gasteiger charge is -2.37. The molecule has 2 aromatic rings. The molecule has 35 heavy (non-hydrogen) atoms. The fraction of sp³-hybridized carbons (Fsp3) is 0.444. The summed E-state index contributed by atoms with van der Waals surface area (Å²) in [6, 6.07) is 18.5. The van der Waals surface area contributed by atoms with E-state index in [9.17, 15) is 14.4 Å². The van der Waals surface area contributed by atoms with E-state index in [0.717, 1.165) is 11.1 Å². The largest absolute Gasteiger partial charge is 0.459 e. The summed E-state index contributed by atoms with van der Waals surface area (Å²) in [6.45, 7) is 2.31. The van der Waals surface area contributed by atoms with Crippen LogP contribution in [0.5, 0.6) is 0 Å². The van der Waals surface area contributed by atoms with Crippen LogP contribution in [0.25, 0.3) is 0 Å². The minimum atomic E-state index is -0.750. The zero-order valence-corrected chi connectivity index (χ0v) is 19.8. The van der Waals surface area contributed by atoms with Crippen LogP contribution in [-0.2, 0) is 37.0 Å². The molecule has 0 aliphatic carbocycles. The smallest absolute Gasteiger partial charge is 0.410 e. The highest BCUT2D eigenvalue weighted by Gasteiger charge is 2.44. The maximum absolute atomic E-state index is 12.7. The summed E-state index contributed by atoms with van der Waals surface area (Å²) in [4.78, 5) is 41.0. The number of cyclic esters (lactones) is 1. The minimum absolute atomic E-state index is 0.00537. The first-order valence-corrected chi connectivity index (χ1v) is 12.2. The number of ether oxygens (including phenoxy) is 3. The number of esters is 1. The summed E-state index contributed by atoms with van der Waals surface area (Å²) in [5.41, 5.74) is 2.00. The van der Waals surface area contributed by atoms with Crippen molar-refractivity contribution >= 4 is 18.0 Å². The number of piperidine rings is 1. The summed E-state index contributed by atoms with van der Waals surface area (Å²) >= 11 is 0. The SMILES string of the molecule is O=C(OCc1ccccc1)C1COC(=O)N1C1CCN(C(=O)CCCOCc2ccccc2)CC1. The van der Waals surface area contributed by atoms with Gasteiger partial charge in [0.2, 0.25) is 5.91 Å². The number of amides is 2. The molecule has 0 aromatic heterocycles. The first-order valence-electron chi connectivity index (χ1n) is 12.2. The van der Waals surface area contributed by atoms with Gasteiger partial charge in [0.05, 0.1) is 6.61 Å². The van der Waals surface area contributed by atoms with E-state index in [1.165, 1.54) is 4.90 Å². The van der Waals surface area contributed by atoms with Crippen LogP contribution in [0, 0.1) is 0 Å². The number of hydrogen-bond donors (Lipinski definition) is 0. The van der Waals surface area contributed by atoms with Crippen LogP contribution in [0.4, 0.5) is 4.79 Å². The van der Waals surface area contributed by atoms with Gasteiger partial charge in [-0.15, -0.1) is 0 Å². The molecule has 2 aliphatic rings. The second kappa shape index (κ2) is 12.4. The Labute approximate surface area is 205 Å². The van der Waals surface area contributed by atoms with Crippen molar-refractivity contribution in [3.63, 3.8) is 0 Å². The van der Waals surface area contributed by atoms with Gasteiger partial charge in [-0.25, -0.2) is 9.59 Å². The standard InChI is InChI=1S/C27H32N2O6/c30-25(12-7-17-33-18-21-8-3-1-4-9-21)28-15-13-23(14-16-28)29-24(20-35-27(29)32)26(31)34-19-22-10-5-2-6-11-22/h1-6,8-11,23-24H,7,12-20H2. The Morgan fingerprint density at radius 2 is 1.54 bits per heavy atom. The molecule has 4 rings (SSSR count). The molecular formula is C27H32N2O6. The van der Waals surface area contributed by atoms with Crippen molar-refractivity contribution in [1.82, 2.24) is 9.80 Å². The molecule has 1 unspecified atom stereocenters. The lowest BCUT2D eigenvalue weighted by molar-refractivity contribution is -0.150. The van der Waals surface area contributed by atoms with Crippen molar-refractivity contribution in [2.45, 2.75) is 51.0 Å². The van der Waals surface area contributed by atoms with E-state index in [1.807, 2.05) is 65.6 Å². The molecule has 2 heterocycles. The lowest BCUT2D eigenvalue weighted by Crippen LogP contribution is -2.52. The second-order valence-electron chi connectivity index (χ2n) is 8.85. The van der Waals surface area contributed by atoms with Crippen LogP contribution in [0.1, 0.15) is 36.8 Å². The van der Waals surface area contributed by atoms with Gasteiger partial charge >= 0.3 is 12.1 Å². The van der Waals surface area contributed by atoms with Crippen molar-refractivity contribution in [1.29, 1.82) is 0 Å². The Morgan fingerprint density at radius 1 is 0.914 bits per heavy atom. The van der Waals surface area contributed by atoms with Crippen LogP contribution in [0.2, 0.25) is 0 Å². The van der Waals surface area contributed by atoms with Gasteiger partial charge in [0.25, 0.3) is 0 Å². The Morgan fingerprint density at radius 3 is 2.20 bits per heavy atom. The number of likely N-dealkylation sites (tertiary alicyclic amines) is 1. The number of carbonyl (C=O) groups is 3. The molecular weight excluding hydrogens is 448 g/mol. The predicted molar refractivity (Wildman–Crippen MR) is 128 cm³/mol. The van der Waals surface area contributed by atoms with Gasteiger partial charge < -0.3 is 19.1 Å². The molecule has 2 saturated heterocycles. The van der Waals surface area contributed by atoms with E-state index in [0.29, 0.717) is 52.0 Å². The summed E-state index contributed by atoms with van der Waals surface area (Å²) < 4.78 is 16.3. The topological polar surface area (TPSA) is 85.4 Å². The number of rotatable bonds is 10. The third kappa shape index (κ3) is 6.82. The van der Waals surface area contributed by atoms with Gasteiger partial charge in [0.15, 0.2) is 6.04 Å². The average Bonchev–Trinajstić information content (AvgIpc) is 3.29. The summed E-state index contributed by atoms with van der Waals surface area (Å²) in [6.07, 6.45) is 1.81. The molecule has 2 aliphatic heterocycles. The average molecular weight is 481 g/mol. The van der Waals surface area contributed by atoms with Gasteiger partial charge in [-0.1, -0.05) is 60.7 Å². The fourth-order valence-corrected chi connectivity index (χ4v) is 4.48. The van der Waals surface area contributed by atoms with Crippen molar-refractivity contribution in [3.8, 4) is 0 Å². The quantitative estimate of drug-likeness (QED) is 0.382. The van der Waals surface area contributed by atoms with Crippen LogP contribution < -0.4 is 0 Å². The first kappa shape index (κ1) is 24.7. The van der Waals surface area contributed by atoms with E-state index in [2.05, 4.69) is 0 Å². The maximum Gasteiger partial charge on any atom is 0.410 e. The van der Waals surface area contributed by atoms with Crippen LogP contribution in [-0.4, -0.2) is 66.2 Å². The highest BCUT2D eigenvalue weighted by molar-refractivity contribution is 5.84. The van der Waals surface area contributed by atoms with Gasteiger partial charge in [0, 0.05) is 32.2 Å². The zero-order valence-electron chi connectivity index (χ0n) is 19.8. The van der Waals surface area contributed by atoms with E-state index >= 15 is 0 Å². The molecule has 0 N–H and O–H groups in total. The van der Waals surface area contributed by atoms with Gasteiger partial charge in [-0.3, -0.25) is 9.69 Å². The van der Waals surface area contributed by atoms with Gasteiger partial charge in [-0.05, 0) is 30.4 Å². The fourth-order valence-electron chi connectivity index (χ4n) is 4.48. The van der Waals surface area contributed by atoms with Gasteiger partial charge in [-0.2, -0.15) is 0 Å². The van der Waals surface area contributed by atoms with Crippen LogP contribution in [0.3, 0.4) is 0 Å².